The zero-order valence-corrected chi connectivity index (χ0v) is 32.4. The van der Waals surface area contributed by atoms with Crippen LogP contribution in [0.5, 0.6) is 0 Å². The number of hydrogen-bond acceptors (Lipinski definition) is 9. The van der Waals surface area contributed by atoms with E-state index in [1.54, 1.807) is 24.4 Å². The number of hydrogen-bond donors (Lipinski definition) is 4. The maximum absolute atomic E-state index is 14.0. The lowest BCUT2D eigenvalue weighted by Gasteiger charge is -2.41. The van der Waals surface area contributed by atoms with E-state index >= 15 is 0 Å². The number of aromatic nitrogens is 2. The number of nitrogens with one attached hydrogen (secondary N) is 3. The van der Waals surface area contributed by atoms with E-state index in [0.717, 1.165) is 10.9 Å². The van der Waals surface area contributed by atoms with Crippen LogP contribution in [0.3, 0.4) is 0 Å². The molecule has 0 aliphatic carbocycles. The third kappa shape index (κ3) is 10.9. The van der Waals surface area contributed by atoms with E-state index in [1.807, 2.05) is 100 Å². The molecule has 0 unspecified atom stereocenters. The third-order valence-electron chi connectivity index (χ3n) is 9.64. The van der Waals surface area contributed by atoms with Gasteiger partial charge in [0.2, 0.25) is 11.8 Å². The monoisotopic (exact) mass is 756 g/mol. The Kier molecular flexibility index (Phi) is 13.2. The zero-order valence-electron chi connectivity index (χ0n) is 31.6. The van der Waals surface area contributed by atoms with Gasteiger partial charge in [-0.25, -0.2) is 13.4 Å². The van der Waals surface area contributed by atoms with Crippen LogP contribution >= 0.6 is 0 Å². The summed E-state index contributed by atoms with van der Waals surface area (Å²) >= 11 is 0. The summed E-state index contributed by atoms with van der Waals surface area (Å²) in [6.07, 6.45) is 2.56. The van der Waals surface area contributed by atoms with Crippen molar-refractivity contribution in [2.45, 2.75) is 94.7 Å². The van der Waals surface area contributed by atoms with Gasteiger partial charge in [0.15, 0.2) is 9.84 Å². The minimum atomic E-state index is -3.64. The molecule has 288 valence electrons. The summed E-state index contributed by atoms with van der Waals surface area (Å²) in [5, 5.41) is 20.9. The van der Waals surface area contributed by atoms with Gasteiger partial charge in [-0.05, 0) is 75.3 Å². The van der Waals surface area contributed by atoms with Gasteiger partial charge in [0.05, 0.1) is 34.7 Å². The van der Waals surface area contributed by atoms with Gasteiger partial charge in [-0.15, -0.1) is 0 Å². The first kappa shape index (κ1) is 40.5. The number of carbonyl (C=O) groups excluding carboxylic acids is 3. The number of fused-ring (bicyclic) bond motifs is 1. The number of carbonyl (C=O) groups is 3. The molecule has 5 rings (SSSR count). The van der Waals surface area contributed by atoms with Crippen molar-refractivity contribution in [1.29, 1.82) is 0 Å². The van der Waals surface area contributed by atoms with Crippen LogP contribution in [0.1, 0.15) is 69.1 Å². The molecule has 2 aromatic carbocycles. The molecule has 2 aromatic heterocycles. The minimum Gasteiger partial charge on any atom is -0.390 e. The molecule has 0 spiro atoms. The van der Waals surface area contributed by atoms with Crippen molar-refractivity contribution in [3.63, 3.8) is 0 Å². The van der Waals surface area contributed by atoms with E-state index in [-0.39, 0.29) is 55.6 Å². The lowest BCUT2D eigenvalue weighted by Crippen LogP contribution is -2.60. The van der Waals surface area contributed by atoms with Gasteiger partial charge < -0.3 is 21.1 Å². The largest absolute Gasteiger partial charge is 0.390 e. The highest BCUT2D eigenvalue weighted by molar-refractivity contribution is 7.91. The predicted molar refractivity (Wildman–Crippen MR) is 209 cm³/mol. The molecule has 4 aromatic rings. The Labute approximate surface area is 318 Å². The van der Waals surface area contributed by atoms with Crippen LogP contribution in [0.2, 0.25) is 0 Å². The molecule has 54 heavy (non-hydrogen) atoms. The molecule has 4 N–H and O–H groups in total. The number of nitrogens with zero attached hydrogens (tertiary/aromatic N) is 3. The smallest absolute Gasteiger partial charge is 0.270 e. The highest BCUT2D eigenvalue weighted by Gasteiger charge is 2.41. The average molecular weight is 757 g/mol. The van der Waals surface area contributed by atoms with Gasteiger partial charge in [-0.3, -0.25) is 24.3 Å². The number of aliphatic hydroxyl groups excluding tert-OH is 1. The molecule has 1 saturated heterocycles. The zero-order chi connectivity index (χ0) is 39.0. The number of sulfone groups is 1. The first-order valence-electron chi connectivity index (χ1n) is 18.4. The van der Waals surface area contributed by atoms with Crippen molar-refractivity contribution in [2.75, 3.05) is 13.1 Å². The Morgan fingerprint density at radius 1 is 0.926 bits per heavy atom. The summed E-state index contributed by atoms with van der Waals surface area (Å²) in [6, 6.07) is 21.1. The van der Waals surface area contributed by atoms with Crippen LogP contribution in [0.15, 0.2) is 91.3 Å². The number of likely N-dealkylation sites (tertiary alicyclic amines) is 1. The molecule has 1 fully saturated rings. The van der Waals surface area contributed by atoms with Gasteiger partial charge in [-0.1, -0.05) is 74.5 Å². The average Bonchev–Trinajstić information content (AvgIpc) is 3.13. The van der Waals surface area contributed by atoms with Crippen LogP contribution in [0.25, 0.3) is 10.9 Å². The quantitative estimate of drug-likeness (QED) is 0.149. The fourth-order valence-electron chi connectivity index (χ4n) is 6.82. The highest BCUT2D eigenvalue weighted by atomic mass is 32.2. The maximum Gasteiger partial charge on any atom is 0.270 e. The Hall–Kier alpha value is -4.72. The van der Waals surface area contributed by atoms with E-state index in [2.05, 4.69) is 25.9 Å². The van der Waals surface area contributed by atoms with Gasteiger partial charge in [-0.2, -0.15) is 0 Å². The van der Waals surface area contributed by atoms with Gasteiger partial charge in [0.1, 0.15) is 11.7 Å². The van der Waals surface area contributed by atoms with E-state index in [1.165, 1.54) is 6.20 Å². The number of benzene rings is 2. The normalized spacial score (nSPS) is 18.4. The van der Waals surface area contributed by atoms with Crippen molar-refractivity contribution in [3.05, 3.63) is 108 Å². The minimum absolute atomic E-state index is 0.00486. The Morgan fingerprint density at radius 3 is 2.31 bits per heavy atom. The fraction of sp³-hybridized carbons (Fsp3) is 0.439. The molecule has 1 aliphatic rings. The van der Waals surface area contributed by atoms with Crippen LogP contribution < -0.4 is 16.0 Å². The summed E-state index contributed by atoms with van der Waals surface area (Å²) in [4.78, 5) is 51.5. The predicted octanol–water partition coefficient (Wildman–Crippen LogP) is 3.84. The van der Waals surface area contributed by atoms with Crippen molar-refractivity contribution >= 4 is 38.5 Å². The van der Waals surface area contributed by atoms with E-state index in [4.69, 9.17) is 0 Å². The number of rotatable bonds is 14. The Bertz CT molecular complexity index is 2000. The lowest BCUT2D eigenvalue weighted by molar-refractivity contribution is -0.130. The number of β-amino-alcohol motifs (C(OH)–C–C–N with tert-alkyl or cyclic N) is 1. The SMILES string of the molecule is CC(C)[C@H](NC(=O)c1ccc2ccccc2n1)C(=O)N[C@@H](Cc1ccccc1)[C@H](O)CN1CC[C@@H](S(=O)(=O)Cc2cccnc2)C[C@H]1C(=O)NC(C)(C)C. The van der Waals surface area contributed by atoms with Crippen LogP contribution in [-0.4, -0.2) is 94.2 Å². The molecule has 13 heteroatoms. The molecule has 0 saturated carbocycles. The standard InChI is InChI=1S/C41H52N6O6S/c1-27(2)37(45-38(49)33-18-17-30-15-9-10-16-32(30)43-33)40(51)44-34(22-28-12-7-6-8-13-28)36(48)25-47-21-19-31(23-35(47)39(50)46-41(3,4)5)54(52,53)26-29-14-11-20-42-24-29/h6-18,20,24,27,31,34-37,48H,19,21-23,25-26H2,1-5H3,(H,44,51)(H,45,49)(H,46,50)/t31-,34+,35+,36-,37+/m1/s1. The number of piperidine rings is 1. The first-order valence-corrected chi connectivity index (χ1v) is 20.2. The van der Waals surface area contributed by atoms with Crippen LogP contribution in [-0.2, 0) is 31.6 Å². The van der Waals surface area contributed by atoms with Crippen molar-refractivity contribution < 1.29 is 27.9 Å². The van der Waals surface area contributed by atoms with Crippen LogP contribution in [0, 0.1) is 5.92 Å². The van der Waals surface area contributed by atoms with E-state index < -0.39 is 56.7 Å². The summed E-state index contributed by atoms with van der Waals surface area (Å²) < 4.78 is 27.2. The summed E-state index contributed by atoms with van der Waals surface area (Å²) in [5.41, 5.74) is 1.71. The molecular weight excluding hydrogens is 705 g/mol. The van der Waals surface area contributed by atoms with E-state index in [9.17, 15) is 27.9 Å². The second-order valence-corrected chi connectivity index (χ2v) is 17.8. The molecule has 0 bridgehead atoms. The number of para-hydroxylation sites is 1. The van der Waals surface area contributed by atoms with Gasteiger partial charge in [0.25, 0.3) is 5.91 Å². The summed E-state index contributed by atoms with van der Waals surface area (Å²) in [5.74, 6) is -1.78. The van der Waals surface area contributed by atoms with E-state index in [0.29, 0.717) is 11.1 Å². The maximum atomic E-state index is 14.0. The van der Waals surface area contributed by atoms with Crippen molar-refractivity contribution in [2.24, 2.45) is 5.92 Å². The summed E-state index contributed by atoms with van der Waals surface area (Å²) in [7, 11) is -3.64. The van der Waals surface area contributed by atoms with Crippen molar-refractivity contribution in [3.8, 4) is 0 Å². The Morgan fingerprint density at radius 2 is 1.63 bits per heavy atom. The molecule has 12 nitrogen and oxygen atoms in total. The molecule has 0 radical (unpaired) electrons. The van der Waals surface area contributed by atoms with Gasteiger partial charge >= 0.3 is 0 Å². The molecule has 5 atom stereocenters. The molecule has 3 heterocycles. The second kappa shape index (κ2) is 17.6. The molecule has 3 amide bonds. The second-order valence-electron chi connectivity index (χ2n) is 15.5. The Balaban J connectivity index is 1.35. The highest BCUT2D eigenvalue weighted by Crippen LogP contribution is 2.27. The van der Waals surface area contributed by atoms with Crippen LogP contribution in [0.4, 0.5) is 0 Å². The number of aliphatic hydroxyl groups is 1. The third-order valence-corrected chi connectivity index (χ3v) is 11.8. The topological polar surface area (TPSA) is 171 Å². The molecule has 1 aliphatic heterocycles. The van der Waals surface area contributed by atoms with Gasteiger partial charge in [0, 0.05) is 36.4 Å². The fourth-order valence-corrected chi connectivity index (χ4v) is 8.63. The first-order chi connectivity index (χ1) is 25.6. The molecular formula is C41H52N6O6S. The number of pyridine rings is 2. The number of amides is 3. The summed E-state index contributed by atoms with van der Waals surface area (Å²) in [6.45, 7) is 9.46. The lowest BCUT2D eigenvalue weighted by atomic mass is 9.95. The van der Waals surface area contributed by atoms with Crippen molar-refractivity contribution in [1.82, 2.24) is 30.8 Å².